The van der Waals surface area contributed by atoms with Crippen LogP contribution in [0.15, 0.2) is 18.3 Å². The van der Waals surface area contributed by atoms with Gasteiger partial charge in [-0.1, -0.05) is 6.92 Å². The van der Waals surface area contributed by atoms with Gasteiger partial charge in [0, 0.05) is 6.20 Å². The van der Waals surface area contributed by atoms with Crippen LogP contribution in [0.5, 0.6) is 5.75 Å². The van der Waals surface area contributed by atoms with Crippen LogP contribution in [0.1, 0.15) is 30.8 Å². The van der Waals surface area contributed by atoms with Crippen molar-refractivity contribution < 1.29 is 14.6 Å². The van der Waals surface area contributed by atoms with Crippen molar-refractivity contribution in [3.63, 3.8) is 0 Å². The molecular weight excluding hydrogens is 194 g/mol. The molecule has 0 aliphatic heterocycles. The lowest BCUT2D eigenvalue weighted by molar-refractivity contribution is 0.0382. The van der Waals surface area contributed by atoms with E-state index in [-0.39, 0.29) is 5.69 Å². The Morgan fingerprint density at radius 3 is 2.87 bits per heavy atom. The number of carbonyl (C=O) groups is 1. The Labute approximate surface area is 88.9 Å². The van der Waals surface area contributed by atoms with Crippen LogP contribution in [-0.2, 0) is 0 Å². The largest absolute Gasteiger partial charge is 0.494 e. The Bertz CT molecular complexity index is 361. The van der Waals surface area contributed by atoms with Crippen LogP contribution in [0.2, 0.25) is 0 Å². The maximum Gasteiger partial charge on any atom is 0.216 e. The third kappa shape index (κ3) is 2.33. The molecule has 0 bridgehead atoms. The molecule has 0 saturated heterocycles. The molecule has 1 rings (SSSR count). The molecule has 4 heteroatoms. The second kappa shape index (κ2) is 4.40. The zero-order valence-electron chi connectivity index (χ0n) is 9.15. The van der Waals surface area contributed by atoms with Crippen LogP contribution >= 0.6 is 0 Å². The predicted molar refractivity (Wildman–Crippen MR) is 56.0 cm³/mol. The average molecular weight is 209 g/mol. The van der Waals surface area contributed by atoms with Gasteiger partial charge in [-0.3, -0.25) is 4.79 Å². The molecule has 15 heavy (non-hydrogen) atoms. The van der Waals surface area contributed by atoms with Crippen molar-refractivity contribution >= 4 is 5.78 Å². The van der Waals surface area contributed by atoms with Crippen molar-refractivity contribution in [3.8, 4) is 5.75 Å². The average Bonchev–Trinajstić information content (AvgIpc) is 2.28. The first-order valence-electron chi connectivity index (χ1n) is 4.79. The highest BCUT2D eigenvalue weighted by Crippen LogP contribution is 2.22. The predicted octanol–water partition coefficient (Wildman–Crippen LogP) is 1.43. The molecule has 0 saturated carbocycles. The molecular formula is C11H15NO3. The minimum atomic E-state index is -1.39. The molecule has 1 N–H and O–H groups in total. The summed E-state index contributed by atoms with van der Waals surface area (Å²) in [5, 5.41) is 9.82. The molecule has 0 spiro atoms. The van der Waals surface area contributed by atoms with Crippen molar-refractivity contribution in [2.45, 2.75) is 25.9 Å². The number of ketones is 1. The Morgan fingerprint density at radius 2 is 2.33 bits per heavy atom. The number of hydrogen-bond acceptors (Lipinski definition) is 4. The number of ether oxygens (including phenoxy) is 1. The van der Waals surface area contributed by atoms with Gasteiger partial charge < -0.3 is 9.84 Å². The fraction of sp³-hybridized carbons (Fsp3) is 0.455. The lowest BCUT2D eigenvalue weighted by Crippen LogP contribution is -2.35. The van der Waals surface area contributed by atoms with Crippen LogP contribution in [0.25, 0.3) is 0 Å². The highest BCUT2D eigenvalue weighted by molar-refractivity contribution is 6.02. The smallest absolute Gasteiger partial charge is 0.216 e. The molecule has 1 aromatic rings. The van der Waals surface area contributed by atoms with Gasteiger partial charge >= 0.3 is 0 Å². The van der Waals surface area contributed by atoms with Gasteiger partial charge in [-0.25, -0.2) is 4.98 Å². The molecule has 1 aromatic heterocycles. The van der Waals surface area contributed by atoms with Crippen molar-refractivity contribution in [2.75, 3.05) is 7.11 Å². The summed E-state index contributed by atoms with van der Waals surface area (Å²) in [5.74, 6) is -0.0290. The summed E-state index contributed by atoms with van der Waals surface area (Å²) in [6, 6.07) is 3.32. The zero-order chi connectivity index (χ0) is 11.5. The third-order valence-electron chi connectivity index (χ3n) is 2.38. The van der Waals surface area contributed by atoms with Crippen LogP contribution in [-0.4, -0.2) is 28.6 Å². The van der Waals surface area contributed by atoms with Crippen LogP contribution in [0, 0.1) is 0 Å². The maximum absolute atomic E-state index is 11.9. The van der Waals surface area contributed by atoms with E-state index in [0.29, 0.717) is 12.2 Å². The van der Waals surface area contributed by atoms with Gasteiger partial charge in [0.25, 0.3) is 0 Å². The molecule has 0 aliphatic carbocycles. The van der Waals surface area contributed by atoms with Crippen LogP contribution < -0.4 is 4.74 Å². The summed E-state index contributed by atoms with van der Waals surface area (Å²) in [7, 11) is 1.47. The Kier molecular flexibility index (Phi) is 3.42. The molecule has 0 fully saturated rings. The lowest BCUT2D eigenvalue weighted by atomic mass is 9.95. The number of Topliss-reactive ketones (excluding diaryl/α,β-unsaturated/α-hetero) is 1. The van der Waals surface area contributed by atoms with Gasteiger partial charge in [0.15, 0.2) is 5.69 Å². The second-order valence-corrected chi connectivity index (χ2v) is 3.51. The number of rotatable bonds is 4. The number of pyridine rings is 1. The van der Waals surface area contributed by atoms with Crippen molar-refractivity contribution in [1.29, 1.82) is 0 Å². The molecule has 1 unspecified atom stereocenters. The Morgan fingerprint density at radius 1 is 1.67 bits per heavy atom. The molecule has 0 amide bonds. The van der Waals surface area contributed by atoms with E-state index in [9.17, 15) is 9.90 Å². The summed E-state index contributed by atoms with van der Waals surface area (Å²) in [6.45, 7) is 3.22. The Hall–Kier alpha value is -1.42. The molecule has 1 atom stereocenters. The first-order valence-corrected chi connectivity index (χ1v) is 4.79. The van der Waals surface area contributed by atoms with E-state index >= 15 is 0 Å². The number of carbonyl (C=O) groups excluding carboxylic acids is 1. The SMILES string of the molecule is CCC(C)(O)C(=O)c1ncccc1OC. The van der Waals surface area contributed by atoms with Gasteiger partial charge in [-0.05, 0) is 25.5 Å². The number of methoxy groups -OCH3 is 1. The molecule has 0 radical (unpaired) electrons. The molecule has 0 aliphatic rings. The van der Waals surface area contributed by atoms with E-state index in [1.165, 1.54) is 20.2 Å². The number of aliphatic hydroxyl groups is 1. The monoisotopic (exact) mass is 209 g/mol. The van der Waals surface area contributed by atoms with E-state index in [1.54, 1.807) is 19.1 Å². The van der Waals surface area contributed by atoms with Crippen LogP contribution in [0.4, 0.5) is 0 Å². The van der Waals surface area contributed by atoms with Gasteiger partial charge in [0.2, 0.25) is 5.78 Å². The fourth-order valence-corrected chi connectivity index (χ4v) is 1.14. The van der Waals surface area contributed by atoms with E-state index in [4.69, 9.17) is 4.74 Å². The number of hydrogen-bond donors (Lipinski definition) is 1. The molecule has 1 heterocycles. The zero-order valence-corrected chi connectivity index (χ0v) is 9.15. The summed E-state index contributed by atoms with van der Waals surface area (Å²) in [5.41, 5.74) is -1.21. The fourth-order valence-electron chi connectivity index (χ4n) is 1.14. The van der Waals surface area contributed by atoms with Crippen molar-refractivity contribution in [3.05, 3.63) is 24.0 Å². The van der Waals surface area contributed by atoms with Crippen molar-refractivity contribution in [2.24, 2.45) is 0 Å². The van der Waals surface area contributed by atoms with Gasteiger partial charge in [0.05, 0.1) is 7.11 Å². The van der Waals surface area contributed by atoms with E-state index in [0.717, 1.165) is 0 Å². The lowest BCUT2D eigenvalue weighted by Gasteiger charge is -2.19. The Balaban J connectivity index is 3.11. The highest BCUT2D eigenvalue weighted by atomic mass is 16.5. The first kappa shape index (κ1) is 11.7. The summed E-state index contributed by atoms with van der Waals surface area (Å²) in [4.78, 5) is 15.8. The topological polar surface area (TPSA) is 59.4 Å². The minimum Gasteiger partial charge on any atom is -0.494 e. The van der Waals surface area contributed by atoms with Gasteiger partial charge in [-0.15, -0.1) is 0 Å². The van der Waals surface area contributed by atoms with Gasteiger partial charge in [0.1, 0.15) is 11.4 Å². The highest BCUT2D eigenvalue weighted by Gasteiger charge is 2.31. The maximum atomic E-state index is 11.9. The normalized spacial score (nSPS) is 14.4. The standard InChI is InChI=1S/C11H15NO3/c1-4-11(2,14)10(13)9-8(15-3)6-5-7-12-9/h5-7,14H,4H2,1-3H3. The van der Waals surface area contributed by atoms with E-state index < -0.39 is 11.4 Å². The second-order valence-electron chi connectivity index (χ2n) is 3.51. The summed E-state index contributed by atoms with van der Waals surface area (Å²) >= 11 is 0. The number of nitrogens with zero attached hydrogens (tertiary/aromatic N) is 1. The minimum absolute atomic E-state index is 0.173. The number of aromatic nitrogens is 1. The van der Waals surface area contributed by atoms with Crippen LogP contribution in [0.3, 0.4) is 0 Å². The molecule has 82 valence electrons. The van der Waals surface area contributed by atoms with Crippen molar-refractivity contribution in [1.82, 2.24) is 4.98 Å². The third-order valence-corrected chi connectivity index (χ3v) is 2.38. The summed E-state index contributed by atoms with van der Waals surface area (Å²) in [6.07, 6.45) is 1.84. The molecule has 4 nitrogen and oxygen atoms in total. The van der Waals surface area contributed by atoms with E-state index in [1.807, 2.05) is 0 Å². The first-order chi connectivity index (χ1) is 7.03. The quantitative estimate of drug-likeness (QED) is 0.762. The van der Waals surface area contributed by atoms with Gasteiger partial charge in [-0.2, -0.15) is 0 Å². The summed E-state index contributed by atoms with van der Waals surface area (Å²) < 4.78 is 5.01. The molecule has 0 aromatic carbocycles. The van der Waals surface area contributed by atoms with E-state index in [2.05, 4.69) is 4.98 Å².